The number of aromatic nitrogens is 1. The van der Waals surface area contributed by atoms with Crippen LogP contribution in [0.2, 0.25) is 5.02 Å². The highest BCUT2D eigenvalue weighted by Crippen LogP contribution is 2.24. The third-order valence-corrected chi connectivity index (χ3v) is 3.80. The fourth-order valence-corrected chi connectivity index (χ4v) is 2.64. The van der Waals surface area contributed by atoms with Crippen molar-refractivity contribution < 1.29 is 4.39 Å². The van der Waals surface area contributed by atoms with Crippen LogP contribution in [0.25, 0.3) is 0 Å². The second kappa shape index (κ2) is 7.57. The molecule has 0 aliphatic heterocycles. The molecule has 3 nitrogen and oxygen atoms in total. The van der Waals surface area contributed by atoms with Crippen LogP contribution >= 0.6 is 22.9 Å². The van der Waals surface area contributed by atoms with E-state index in [0.717, 1.165) is 42.4 Å². The maximum Gasteiger partial charge on any atom is 0.187 e. The molecule has 1 aromatic heterocycles. The number of halogens is 2. The summed E-state index contributed by atoms with van der Waals surface area (Å²) in [6.07, 6.45) is 2.04. The second-order valence-corrected chi connectivity index (χ2v) is 5.66. The van der Waals surface area contributed by atoms with Crippen LogP contribution in [-0.2, 0) is 6.42 Å². The summed E-state index contributed by atoms with van der Waals surface area (Å²) in [6.45, 7) is 4.11. The highest BCUT2D eigenvalue weighted by atomic mass is 35.5. The normalized spacial score (nSPS) is 10.8. The third-order valence-electron chi connectivity index (χ3n) is 2.71. The monoisotopic (exact) mass is 313 g/mol. The summed E-state index contributed by atoms with van der Waals surface area (Å²) < 4.78 is 13.1. The molecule has 1 heterocycles. The van der Waals surface area contributed by atoms with Crippen molar-refractivity contribution in [1.82, 2.24) is 10.3 Å². The molecule has 1 aromatic carbocycles. The van der Waals surface area contributed by atoms with Crippen LogP contribution < -0.4 is 10.6 Å². The van der Waals surface area contributed by atoms with E-state index < -0.39 is 5.82 Å². The molecule has 2 aromatic rings. The second-order valence-electron chi connectivity index (χ2n) is 4.40. The summed E-state index contributed by atoms with van der Waals surface area (Å²) >= 11 is 7.27. The maximum atomic E-state index is 13.1. The van der Waals surface area contributed by atoms with Crippen molar-refractivity contribution in [2.75, 3.05) is 18.4 Å². The largest absolute Gasteiger partial charge is 0.331 e. The molecule has 0 unspecified atom stereocenters. The lowest BCUT2D eigenvalue weighted by atomic mass is 10.3. The fourth-order valence-electron chi connectivity index (χ4n) is 1.69. The lowest BCUT2D eigenvalue weighted by Crippen LogP contribution is -2.17. The SMILES string of the molecule is CCCNCCc1csc(Nc2ccc(F)c(Cl)c2)n1. The first-order valence-electron chi connectivity index (χ1n) is 6.56. The summed E-state index contributed by atoms with van der Waals surface area (Å²) in [5.74, 6) is -0.418. The van der Waals surface area contributed by atoms with E-state index in [1.54, 1.807) is 12.1 Å². The molecule has 0 amide bonds. The molecule has 6 heteroatoms. The molecule has 0 radical (unpaired) electrons. The van der Waals surface area contributed by atoms with Gasteiger partial charge in [0.15, 0.2) is 5.13 Å². The van der Waals surface area contributed by atoms with Gasteiger partial charge in [0, 0.05) is 24.0 Å². The first kappa shape index (κ1) is 15.2. The summed E-state index contributed by atoms with van der Waals surface area (Å²) in [5.41, 5.74) is 1.79. The molecule has 2 rings (SSSR count). The molecule has 0 aliphatic rings. The van der Waals surface area contributed by atoms with Crippen LogP contribution in [0.5, 0.6) is 0 Å². The molecule has 20 heavy (non-hydrogen) atoms. The van der Waals surface area contributed by atoms with Crippen molar-refractivity contribution in [3.05, 3.63) is 40.1 Å². The standard InChI is InChI=1S/C14H17ClFN3S/c1-2-6-17-7-5-11-9-20-14(19-11)18-10-3-4-13(16)12(15)8-10/h3-4,8-9,17H,2,5-7H2,1H3,(H,18,19). The minimum absolute atomic E-state index is 0.107. The number of benzene rings is 1. The van der Waals surface area contributed by atoms with Crippen molar-refractivity contribution >= 4 is 33.8 Å². The summed E-state index contributed by atoms with van der Waals surface area (Å²) in [5, 5.41) is 9.40. The molecular formula is C14H17ClFN3S. The predicted molar refractivity (Wildman–Crippen MR) is 83.7 cm³/mol. The number of anilines is 2. The van der Waals surface area contributed by atoms with Gasteiger partial charge < -0.3 is 10.6 Å². The molecule has 0 atom stereocenters. The zero-order chi connectivity index (χ0) is 14.4. The van der Waals surface area contributed by atoms with Gasteiger partial charge in [-0.1, -0.05) is 18.5 Å². The van der Waals surface area contributed by atoms with Crippen LogP contribution in [0.3, 0.4) is 0 Å². The number of rotatable bonds is 7. The van der Waals surface area contributed by atoms with Crippen molar-refractivity contribution in [1.29, 1.82) is 0 Å². The Morgan fingerprint density at radius 3 is 2.95 bits per heavy atom. The highest BCUT2D eigenvalue weighted by Gasteiger charge is 2.04. The average Bonchev–Trinajstić information content (AvgIpc) is 2.87. The molecule has 0 aliphatic carbocycles. The number of hydrogen-bond acceptors (Lipinski definition) is 4. The van der Waals surface area contributed by atoms with Crippen LogP contribution in [0.15, 0.2) is 23.6 Å². The maximum absolute atomic E-state index is 13.1. The molecule has 0 saturated heterocycles. The van der Waals surface area contributed by atoms with Gasteiger partial charge in [-0.15, -0.1) is 11.3 Å². The Labute approximate surface area is 127 Å². The van der Waals surface area contributed by atoms with Gasteiger partial charge in [0.05, 0.1) is 10.7 Å². The Morgan fingerprint density at radius 1 is 1.35 bits per heavy atom. The lowest BCUT2D eigenvalue weighted by Gasteiger charge is -2.03. The van der Waals surface area contributed by atoms with Gasteiger partial charge in [-0.3, -0.25) is 0 Å². The van der Waals surface area contributed by atoms with Gasteiger partial charge in [-0.2, -0.15) is 0 Å². The topological polar surface area (TPSA) is 37.0 Å². The fraction of sp³-hybridized carbons (Fsp3) is 0.357. The summed E-state index contributed by atoms with van der Waals surface area (Å²) in [7, 11) is 0. The molecule has 0 saturated carbocycles. The average molecular weight is 314 g/mol. The summed E-state index contributed by atoms with van der Waals surface area (Å²) in [6, 6.07) is 4.54. The van der Waals surface area contributed by atoms with E-state index in [2.05, 4.69) is 22.5 Å². The minimum Gasteiger partial charge on any atom is -0.331 e. The van der Waals surface area contributed by atoms with Crippen LogP contribution in [-0.4, -0.2) is 18.1 Å². The van der Waals surface area contributed by atoms with Gasteiger partial charge in [-0.25, -0.2) is 9.37 Å². The molecule has 2 N–H and O–H groups in total. The molecule has 108 valence electrons. The quantitative estimate of drug-likeness (QED) is 0.751. The van der Waals surface area contributed by atoms with Gasteiger partial charge in [0.25, 0.3) is 0 Å². The zero-order valence-corrected chi connectivity index (χ0v) is 12.8. The van der Waals surface area contributed by atoms with Crippen molar-refractivity contribution in [3.8, 4) is 0 Å². The third kappa shape index (κ3) is 4.44. The summed E-state index contributed by atoms with van der Waals surface area (Å²) in [4.78, 5) is 4.49. The van der Waals surface area contributed by atoms with Crippen molar-refractivity contribution in [3.63, 3.8) is 0 Å². The predicted octanol–water partition coefficient (Wildman–Crippen LogP) is 4.22. The van der Waals surface area contributed by atoms with Crippen LogP contribution in [0, 0.1) is 5.82 Å². The number of nitrogens with zero attached hydrogens (tertiary/aromatic N) is 1. The molecule has 0 bridgehead atoms. The molecule has 0 spiro atoms. The Morgan fingerprint density at radius 2 is 2.20 bits per heavy atom. The minimum atomic E-state index is -0.418. The van der Waals surface area contributed by atoms with E-state index in [9.17, 15) is 4.39 Å². The smallest absolute Gasteiger partial charge is 0.187 e. The van der Waals surface area contributed by atoms with E-state index in [0.29, 0.717) is 0 Å². The van der Waals surface area contributed by atoms with Crippen molar-refractivity contribution in [2.24, 2.45) is 0 Å². The number of nitrogens with one attached hydrogen (secondary N) is 2. The molecular weight excluding hydrogens is 297 g/mol. The van der Waals surface area contributed by atoms with Gasteiger partial charge in [0.1, 0.15) is 5.82 Å². The Kier molecular flexibility index (Phi) is 5.76. The Bertz CT molecular complexity index is 559. The Hall–Kier alpha value is -1.17. The van der Waals surface area contributed by atoms with E-state index in [1.807, 2.05) is 5.38 Å². The lowest BCUT2D eigenvalue weighted by molar-refractivity contribution is 0.628. The first-order valence-corrected chi connectivity index (χ1v) is 7.82. The van der Waals surface area contributed by atoms with Crippen LogP contribution in [0.4, 0.5) is 15.2 Å². The van der Waals surface area contributed by atoms with Gasteiger partial charge >= 0.3 is 0 Å². The molecule has 0 fully saturated rings. The van der Waals surface area contributed by atoms with Crippen molar-refractivity contribution in [2.45, 2.75) is 19.8 Å². The van der Waals surface area contributed by atoms with E-state index in [-0.39, 0.29) is 5.02 Å². The van der Waals surface area contributed by atoms with E-state index in [1.165, 1.54) is 17.4 Å². The Balaban J connectivity index is 1.90. The number of thiazole rings is 1. The van der Waals surface area contributed by atoms with E-state index in [4.69, 9.17) is 11.6 Å². The first-order chi connectivity index (χ1) is 9.69. The number of hydrogen-bond donors (Lipinski definition) is 2. The van der Waals surface area contributed by atoms with E-state index >= 15 is 0 Å². The van der Waals surface area contributed by atoms with Gasteiger partial charge in [0.2, 0.25) is 0 Å². The highest BCUT2D eigenvalue weighted by molar-refractivity contribution is 7.13. The van der Waals surface area contributed by atoms with Crippen LogP contribution in [0.1, 0.15) is 19.0 Å². The van der Waals surface area contributed by atoms with Gasteiger partial charge in [-0.05, 0) is 31.2 Å². The zero-order valence-electron chi connectivity index (χ0n) is 11.2.